The van der Waals surface area contributed by atoms with Gasteiger partial charge in [0.1, 0.15) is 19.0 Å². The zero-order chi connectivity index (χ0) is 21.7. The molecule has 0 amide bonds. The molecule has 0 nitrogen and oxygen atoms in total. The van der Waals surface area contributed by atoms with Crippen molar-refractivity contribution in [3.8, 4) is 22.9 Å². The summed E-state index contributed by atoms with van der Waals surface area (Å²) in [5, 5.41) is 7.66. The normalized spacial score (nSPS) is 11.2. The quantitative estimate of drug-likeness (QED) is 0.157. The molecular formula is C28H16S2Si2. The van der Waals surface area contributed by atoms with Gasteiger partial charge >= 0.3 is 0 Å². The lowest BCUT2D eigenvalue weighted by Gasteiger charge is -2.04. The first kappa shape index (κ1) is 19.8. The van der Waals surface area contributed by atoms with Crippen LogP contribution in [0.4, 0.5) is 0 Å². The van der Waals surface area contributed by atoms with Crippen LogP contribution < -0.4 is 0 Å². The molecule has 2 aromatic heterocycles. The van der Waals surface area contributed by atoms with Crippen molar-refractivity contribution in [3.63, 3.8) is 0 Å². The molecule has 0 saturated heterocycles. The molecule has 0 spiro atoms. The molecule has 0 aliphatic heterocycles. The molecule has 0 aliphatic carbocycles. The maximum Gasteiger partial charge on any atom is 0.144 e. The minimum absolute atomic E-state index is 0.617. The van der Waals surface area contributed by atoms with E-state index in [1.54, 1.807) is 0 Å². The van der Waals surface area contributed by atoms with Crippen molar-refractivity contribution in [2.45, 2.75) is 13.1 Å². The number of hydrogen-bond donors (Lipinski definition) is 0. The second-order valence-electron chi connectivity index (χ2n) is 7.55. The Labute approximate surface area is 199 Å². The van der Waals surface area contributed by atoms with E-state index in [1.807, 2.05) is 22.7 Å². The van der Waals surface area contributed by atoms with E-state index in [9.17, 15) is 0 Å². The van der Waals surface area contributed by atoms with Crippen molar-refractivity contribution < 1.29 is 0 Å². The summed E-state index contributed by atoms with van der Waals surface area (Å²) >= 11 is 3.79. The maximum absolute atomic E-state index is 3.53. The molecule has 0 bridgehead atoms. The number of thiophene rings is 2. The topological polar surface area (TPSA) is 0 Å². The van der Waals surface area contributed by atoms with E-state index in [0.717, 1.165) is 0 Å². The van der Waals surface area contributed by atoms with E-state index < -0.39 is 0 Å². The van der Waals surface area contributed by atoms with Crippen LogP contribution in [0.3, 0.4) is 0 Å². The third-order valence-corrected chi connectivity index (χ3v) is 8.92. The van der Waals surface area contributed by atoms with Gasteiger partial charge in [-0.3, -0.25) is 0 Å². The molecule has 4 heteroatoms. The van der Waals surface area contributed by atoms with Gasteiger partial charge in [0.05, 0.1) is 9.40 Å². The summed E-state index contributed by atoms with van der Waals surface area (Å²) in [6, 6.07) is 22.0. The highest BCUT2D eigenvalue weighted by molar-refractivity contribution is 7.36. The molecule has 0 unspecified atom stereocenters. The first-order valence-corrected chi connectivity index (χ1v) is 15.0. The van der Waals surface area contributed by atoms with Crippen LogP contribution in [0, 0.1) is 22.9 Å². The molecule has 0 N–H and O–H groups in total. The second-order valence-corrected chi connectivity index (χ2v) is 11.2. The molecule has 6 aromatic rings. The number of fused-ring (bicyclic) bond motifs is 7. The molecule has 0 saturated carbocycles. The molecule has 0 aliphatic rings. The molecule has 0 atom stereocenters. The average molecular weight is 473 g/mol. The highest BCUT2D eigenvalue weighted by Gasteiger charge is 2.19. The van der Waals surface area contributed by atoms with Gasteiger partial charge in [-0.25, -0.2) is 0 Å². The molecule has 32 heavy (non-hydrogen) atoms. The first-order chi connectivity index (χ1) is 15.8. The predicted octanol–water partition coefficient (Wildman–Crippen LogP) is 7.70. The molecule has 4 radical (unpaired) electrons. The summed E-state index contributed by atoms with van der Waals surface area (Å²) in [6.45, 7) is 4.28. The monoisotopic (exact) mass is 472 g/mol. The summed E-state index contributed by atoms with van der Waals surface area (Å²) in [7, 11) is 1.23. The van der Waals surface area contributed by atoms with E-state index in [0.29, 0.717) is 19.0 Å². The fourth-order valence-corrected chi connectivity index (χ4v) is 7.73. The Hall–Kier alpha value is -2.87. The zero-order valence-corrected chi connectivity index (χ0v) is 21.2. The fraction of sp³-hybridized carbons (Fsp3) is 0.0714. The Bertz CT molecular complexity index is 1680. The van der Waals surface area contributed by atoms with Crippen molar-refractivity contribution in [1.29, 1.82) is 0 Å². The van der Waals surface area contributed by atoms with Gasteiger partial charge in [0.15, 0.2) is 0 Å². The van der Waals surface area contributed by atoms with Crippen LogP contribution in [-0.2, 0) is 0 Å². The zero-order valence-electron chi connectivity index (χ0n) is 17.6. The molecule has 6 rings (SSSR count). The summed E-state index contributed by atoms with van der Waals surface area (Å²) in [5.74, 6) is 7.07. The SMILES string of the molecule is C[Si]C#Cc1c2ccccc2cc2sc3c(sc4cc5ccccc5c(C#C[Si]C)c43)c12. The third kappa shape index (κ3) is 2.96. The second kappa shape index (κ2) is 7.92. The first-order valence-electron chi connectivity index (χ1n) is 10.4. The predicted molar refractivity (Wildman–Crippen MR) is 147 cm³/mol. The lowest BCUT2D eigenvalue weighted by Crippen LogP contribution is -1.83. The summed E-state index contributed by atoms with van der Waals surface area (Å²) in [6.07, 6.45) is 0. The highest BCUT2D eigenvalue weighted by atomic mass is 32.1. The van der Waals surface area contributed by atoms with Crippen molar-refractivity contribution in [2.75, 3.05) is 0 Å². The Balaban J connectivity index is 1.85. The molecule has 0 fully saturated rings. The smallest absolute Gasteiger partial charge is 0.133 e. The van der Waals surface area contributed by atoms with Crippen LogP contribution in [0.25, 0.3) is 51.1 Å². The average Bonchev–Trinajstić information content (AvgIpc) is 3.34. The largest absolute Gasteiger partial charge is 0.144 e. The van der Waals surface area contributed by atoms with Gasteiger partial charge < -0.3 is 0 Å². The minimum atomic E-state index is 0.617. The highest BCUT2D eigenvalue weighted by Crippen LogP contribution is 2.48. The summed E-state index contributed by atoms with van der Waals surface area (Å²) in [5.41, 5.74) is 9.09. The molecule has 4 aromatic carbocycles. The van der Waals surface area contributed by atoms with Crippen molar-refractivity contribution in [2.24, 2.45) is 0 Å². The number of hydrogen-bond acceptors (Lipinski definition) is 2. The van der Waals surface area contributed by atoms with Crippen LogP contribution >= 0.6 is 22.7 Å². The number of benzene rings is 4. The Morgan fingerprint density at radius 1 is 0.625 bits per heavy atom. The Morgan fingerprint density at radius 2 is 1.06 bits per heavy atom. The van der Waals surface area contributed by atoms with Gasteiger partial charge in [-0.2, -0.15) is 0 Å². The van der Waals surface area contributed by atoms with E-state index >= 15 is 0 Å². The van der Waals surface area contributed by atoms with Gasteiger partial charge in [-0.05, 0) is 33.7 Å². The van der Waals surface area contributed by atoms with Crippen LogP contribution in [0.15, 0.2) is 60.7 Å². The van der Waals surface area contributed by atoms with Gasteiger partial charge in [-0.15, -0.1) is 33.8 Å². The van der Waals surface area contributed by atoms with Crippen molar-refractivity contribution >= 4 is 92.8 Å². The van der Waals surface area contributed by atoms with Crippen molar-refractivity contribution in [3.05, 3.63) is 71.8 Å². The van der Waals surface area contributed by atoms with Crippen molar-refractivity contribution in [1.82, 2.24) is 0 Å². The van der Waals surface area contributed by atoms with Gasteiger partial charge in [0.2, 0.25) is 0 Å². The molecule has 2 heterocycles. The Morgan fingerprint density at radius 3 is 1.50 bits per heavy atom. The fourth-order valence-electron chi connectivity index (χ4n) is 4.41. The van der Waals surface area contributed by atoms with E-state index in [2.05, 4.69) is 96.7 Å². The van der Waals surface area contributed by atoms with Gasteiger partial charge in [0, 0.05) is 31.3 Å². The molecular weight excluding hydrogens is 457 g/mol. The molecule has 148 valence electrons. The summed E-state index contributed by atoms with van der Waals surface area (Å²) < 4.78 is 5.35. The van der Waals surface area contributed by atoms with Crippen LogP contribution in [0.2, 0.25) is 13.1 Å². The van der Waals surface area contributed by atoms with E-state index in [-0.39, 0.29) is 0 Å². The van der Waals surface area contributed by atoms with Crippen LogP contribution in [0.5, 0.6) is 0 Å². The lowest BCUT2D eigenvalue weighted by atomic mass is 10.00. The summed E-state index contributed by atoms with van der Waals surface area (Å²) in [4.78, 5) is 0. The third-order valence-electron chi connectivity index (χ3n) is 5.74. The lowest BCUT2D eigenvalue weighted by molar-refractivity contribution is 1.79. The standard InChI is InChI=1S/C28H16S2Si2/c1-31-13-11-21-19-9-5-3-7-17(19)15-23-25(21)27-28(29-23)26-22(12-14-32-2)20-10-6-4-8-18(20)16-24(26)30-27/h3-10,15-16H,1-2H3. The van der Waals surface area contributed by atoms with Gasteiger partial charge in [-0.1, -0.05) is 73.5 Å². The maximum atomic E-state index is 3.53. The van der Waals surface area contributed by atoms with Gasteiger partial charge in [0.25, 0.3) is 0 Å². The number of rotatable bonds is 0. The van der Waals surface area contributed by atoms with Crippen LogP contribution in [0.1, 0.15) is 11.1 Å². The Kier molecular flexibility index (Phi) is 4.90. The van der Waals surface area contributed by atoms with Crippen LogP contribution in [-0.4, -0.2) is 19.0 Å². The minimum Gasteiger partial charge on any atom is -0.133 e. The van der Waals surface area contributed by atoms with E-state index in [4.69, 9.17) is 0 Å². The van der Waals surface area contributed by atoms with E-state index in [1.165, 1.54) is 62.2 Å².